The Bertz CT molecular complexity index is 511. The number of hydrogen-bond donors (Lipinski definition) is 1. The van der Waals surface area contributed by atoms with E-state index in [-0.39, 0.29) is 6.61 Å². The summed E-state index contributed by atoms with van der Waals surface area (Å²) in [5.74, 6) is 1.47. The molecule has 1 unspecified atom stereocenters. The van der Waals surface area contributed by atoms with E-state index in [4.69, 9.17) is 9.47 Å². The van der Waals surface area contributed by atoms with Crippen molar-refractivity contribution in [3.63, 3.8) is 0 Å². The topological polar surface area (TPSA) is 38.7 Å². The number of aliphatic hydroxyl groups is 1. The first-order valence-corrected chi connectivity index (χ1v) is 6.89. The molecule has 0 heterocycles. The smallest absolute Gasteiger partial charge is 0.125 e. The summed E-state index contributed by atoms with van der Waals surface area (Å²) in [5, 5.41) is 10.3. The molecule has 0 aliphatic rings. The lowest BCUT2D eigenvalue weighted by molar-refractivity contribution is 0.105. The maximum Gasteiger partial charge on any atom is 0.125 e. The molecule has 0 amide bonds. The molecule has 0 aliphatic heterocycles. The molecule has 20 heavy (non-hydrogen) atoms. The lowest BCUT2D eigenvalue weighted by atomic mass is 10.1. The molecule has 0 saturated carbocycles. The van der Waals surface area contributed by atoms with Crippen molar-refractivity contribution < 1.29 is 14.6 Å². The van der Waals surface area contributed by atoms with Crippen LogP contribution in [0.15, 0.2) is 54.6 Å². The van der Waals surface area contributed by atoms with E-state index >= 15 is 0 Å². The molecular formula is C17H20O3. The molecule has 0 radical (unpaired) electrons. The predicted molar refractivity (Wildman–Crippen MR) is 79.1 cm³/mol. The third-order valence-electron chi connectivity index (χ3n) is 2.89. The Balaban J connectivity index is 1.99. The van der Waals surface area contributed by atoms with Crippen LogP contribution in [0.3, 0.4) is 0 Å². The van der Waals surface area contributed by atoms with Crippen molar-refractivity contribution in [2.24, 2.45) is 0 Å². The van der Waals surface area contributed by atoms with Gasteiger partial charge in [-0.3, -0.25) is 0 Å². The highest BCUT2D eigenvalue weighted by Crippen LogP contribution is 2.26. The molecule has 2 aromatic rings. The summed E-state index contributed by atoms with van der Waals surface area (Å²) in [4.78, 5) is 0. The molecule has 0 spiro atoms. The van der Waals surface area contributed by atoms with E-state index in [0.29, 0.717) is 6.61 Å². The lowest BCUT2D eigenvalue weighted by Gasteiger charge is -2.16. The summed E-state index contributed by atoms with van der Waals surface area (Å²) in [6.07, 6.45) is 0.230. The summed E-state index contributed by atoms with van der Waals surface area (Å²) in [7, 11) is 0. The van der Waals surface area contributed by atoms with Gasteiger partial charge in [0.25, 0.3) is 0 Å². The fourth-order valence-corrected chi connectivity index (χ4v) is 1.88. The van der Waals surface area contributed by atoms with Crippen molar-refractivity contribution in [3.8, 4) is 11.5 Å². The molecule has 3 heteroatoms. The summed E-state index contributed by atoms with van der Waals surface area (Å²) >= 11 is 0. The van der Waals surface area contributed by atoms with Gasteiger partial charge >= 0.3 is 0 Å². The van der Waals surface area contributed by atoms with Gasteiger partial charge < -0.3 is 14.6 Å². The van der Waals surface area contributed by atoms with E-state index in [1.807, 2.05) is 54.6 Å². The third-order valence-corrected chi connectivity index (χ3v) is 2.89. The van der Waals surface area contributed by atoms with Crippen molar-refractivity contribution in [1.82, 2.24) is 0 Å². The first-order valence-electron chi connectivity index (χ1n) is 6.89. The minimum atomic E-state index is -0.705. The Kier molecular flexibility index (Phi) is 5.44. The highest BCUT2D eigenvalue weighted by molar-refractivity contribution is 5.35. The number of ether oxygens (including phenoxy) is 2. The summed E-state index contributed by atoms with van der Waals surface area (Å²) in [5.41, 5.74) is 0.761. The number of hydrogen-bond acceptors (Lipinski definition) is 3. The van der Waals surface area contributed by atoms with Crippen LogP contribution in [0.5, 0.6) is 11.5 Å². The fraction of sp³-hybridized carbons (Fsp3) is 0.294. The standard InChI is InChI=1S/C17H20O3/c1-2-12-19-17-11-7-6-10-15(17)16(18)13-20-14-8-4-3-5-9-14/h3-11,16,18H,2,12-13H2,1H3. The van der Waals surface area contributed by atoms with Crippen molar-refractivity contribution in [3.05, 3.63) is 60.2 Å². The molecule has 2 rings (SSSR count). The van der Waals surface area contributed by atoms with Gasteiger partial charge in [0, 0.05) is 5.56 Å². The van der Waals surface area contributed by atoms with Gasteiger partial charge in [0.1, 0.15) is 24.2 Å². The second-order valence-corrected chi connectivity index (χ2v) is 4.53. The summed E-state index contributed by atoms with van der Waals surface area (Å²) in [6.45, 7) is 2.90. The Morgan fingerprint density at radius 3 is 2.40 bits per heavy atom. The van der Waals surface area contributed by atoms with Gasteiger partial charge in [-0.05, 0) is 24.6 Å². The van der Waals surface area contributed by atoms with E-state index in [1.54, 1.807) is 0 Å². The highest BCUT2D eigenvalue weighted by Gasteiger charge is 2.13. The van der Waals surface area contributed by atoms with E-state index in [0.717, 1.165) is 23.5 Å². The monoisotopic (exact) mass is 272 g/mol. The van der Waals surface area contributed by atoms with Gasteiger partial charge in [-0.25, -0.2) is 0 Å². The first-order chi connectivity index (χ1) is 9.81. The number of rotatable bonds is 7. The molecule has 2 aromatic carbocycles. The second kappa shape index (κ2) is 7.56. The largest absolute Gasteiger partial charge is 0.493 e. The average Bonchev–Trinajstić information content (AvgIpc) is 2.52. The van der Waals surface area contributed by atoms with Crippen LogP contribution < -0.4 is 9.47 Å². The normalized spacial score (nSPS) is 11.9. The Morgan fingerprint density at radius 2 is 1.65 bits per heavy atom. The van der Waals surface area contributed by atoms with Crippen molar-refractivity contribution in [2.75, 3.05) is 13.2 Å². The Morgan fingerprint density at radius 1 is 0.950 bits per heavy atom. The molecule has 1 N–H and O–H groups in total. The molecule has 1 atom stereocenters. The molecule has 0 aromatic heterocycles. The van der Waals surface area contributed by atoms with Crippen LogP contribution in [0, 0.1) is 0 Å². The van der Waals surface area contributed by atoms with Crippen LogP contribution in [0.25, 0.3) is 0 Å². The van der Waals surface area contributed by atoms with Gasteiger partial charge in [-0.15, -0.1) is 0 Å². The first kappa shape index (κ1) is 14.4. The van der Waals surface area contributed by atoms with Gasteiger partial charge in [0.15, 0.2) is 0 Å². The van der Waals surface area contributed by atoms with Gasteiger partial charge in [-0.2, -0.15) is 0 Å². The Labute approximate surface area is 119 Å². The second-order valence-electron chi connectivity index (χ2n) is 4.53. The van der Waals surface area contributed by atoms with Gasteiger partial charge in [-0.1, -0.05) is 43.3 Å². The quantitative estimate of drug-likeness (QED) is 0.837. The van der Waals surface area contributed by atoms with Crippen LogP contribution in [0.1, 0.15) is 25.0 Å². The average molecular weight is 272 g/mol. The van der Waals surface area contributed by atoms with E-state index < -0.39 is 6.10 Å². The highest BCUT2D eigenvalue weighted by atomic mass is 16.5. The van der Waals surface area contributed by atoms with Crippen LogP contribution >= 0.6 is 0 Å². The minimum Gasteiger partial charge on any atom is -0.493 e. The van der Waals surface area contributed by atoms with Crippen molar-refractivity contribution >= 4 is 0 Å². The molecular weight excluding hydrogens is 252 g/mol. The summed E-state index contributed by atoms with van der Waals surface area (Å²) in [6, 6.07) is 17.0. The van der Waals surface area contributed by atoms with E-state index in [9.17, 15) is 5.11 Å². The molecule has 3 nitrogen and oxygen atoms in total. The van der Waals surface area contributed by atoms with Crippen LogP contribution in [0.2, 0.25) is 0 Å². The van der Waals surface area contributed by atoms with Gasteiger partial charge in [0.05, 0.1) is 6.61 Å². The summed E-state index contributed by atoms with van der Waals surface area (Å²) < 4.78 is 11.2. The predicted octanol–water partition coefficient (Wildman–Crippen LogP) is 3.59. The van der Waals surface area contributed by atoms with Gasteiger partial charge in [0.2, 0.25) is 0 Å². The molecule has 0 aliphatic carbocycles. The number of benzene rings is 2. The SMILES string of the molecule is CCCOc1ccccc1C(O)COc1ccccc1. The number of aliphatic hydroxyl groups excluding tert-OH is 1. The van der Waals surface area contributed by atoms with Crippen LogP contribution in [-0.4, -0.2) is 18.3 Å². The zero-order valence-electron chi connectivity index (χ0n) is 11.7. The van der Waals surface area contributed by atoms with E-state index in [2.05, 4.69) is 6.92 Å². The van der Waals surface area contributed by atoms with Crippen LogP contribution in [0.4, 0.5) is 0 Å². The maximum atomic E-state index is 10.3. The van der Waals surface area contributed by atoms with Crippen molar-refractivity contribution in [2.45, 2.75) is 19.4 Å². The molecule has 0 fully saturated rings. The molecule has 0 bridgehead atoms. The fourth-order valence-electron chi connectivity index (χ4n) is 1.88. The number of para-hydroxylation sites is 2. The lowest BCUT2D eigenvalue weighted by Crippen LogP contribution is -2.11. The maximum absolute atomic E-state index is 10.3. The van der Waals surface area contributed by atoms with Crippen LogP contribution in [-0.2, 0) is 0 Å². The zero-order chi connectivity index (χ0) is 14.2. The van der Waals surface area contributed by atoms with E-state index in [1.165, 1.54) is 0 Å². The molecule has 0 saturated heterocycles. The van der Waals surface area contributed by atoms with Crippen molar-refractivity contribution in [1.29, 1.82) is 0 Å². The molecule has 106 valence electrons. The third kappa shape index (κ3) is 4.00. The minimum absolute atomic E-state index is 0.205. The zero-order valence-corrected chi connectivity index (χ0v) is 11.7. The Hall–Kier alpha value is -2.00.